The lowest BCUT2D eigenvalue weighted by atomic mass is 9.97. The van der Waals surface area contributed by atoms with Gasteiger partial charge in [-0.25, -0.2) is 0 Å². The third-order valence-corrected chi connectivity index (χ3v) is 3.58. The highest BCUT2D eigenvalue weighted by molar-refractivity contribution is 5.43. The Bertz CT molecular complexity index is 491. The molecule has 21 heavy (non-hydrogen) atoms. The molecule has 4 heteroatoms. The molecule has 1 aromatic rings. The molecular formula is C17H23NO3. The number of ether oxygens (including phenoxy) is 2. The lowest BCUT2D eigenvalue weighted by molar-refractivity contribution is 0.0133. The van der Waals surface area contributed by atoms with Crippen LogP contribution in [0.5, 0.6) is 11.5 Å². The van der Waals surface area contributed by atoms with Crippen molar-refractivity contribution in [2.45, 2.75) is 19.1 Å². The minimum absolute atomic E-state index is 0.120. The number of hydrogen-bond acceptors (Lipinski definition) is 4. The molecule has 2 rings (SSSR count). The second-order valence-corrected chi connectivity index (χ2v) is 4.99. The molecule has 2 unspecified atom stereocenters. The molecular weight excluding hydrogens is 266 g/mol. The molecule has 1 N–H and O–H groups in total. The zero-order valence-electron chi connectivity index (χ0n) is 12.5. The summed E-state index contributed by atoms with van der Waals surface area (Å²) < 4.78 is 11.3. The summed E-state index contributed by atoms with van der Waals surface area (Å²) in [5.74, 6) is 1.47. The van der Waals surface area contributed by atoms with E-state index in [0.717, 1.165) is 17.1 Å². The first-order valence-electron chi connectivity index (χ1n) is 7.24. The van der Waals surface area contributed by atoms with Gasteiger partial charge in [-0.2, -0.15) is 0 Å². The summed E-state index contributed by atoms with van der Waals surface area (Å²) in [6.07, 6.45) is 3.03. The van der Waals surface area contributed by atoms with Crippen LogP contribution in [0.3, 0.4) is 0 Å². The van der Waals surface area contributed by atoms with Gasteiger partial charge in [0.05, 0.1) is 12.6 Å². The summed E-state index contributed by atoms with van der Waals surface area (Å²) >= 11 is 0. The second-order valence-electron chi connectivity index (χ2n) is 4.99. The van der Waals surface area contributed by atoms with Crippen molar-refractivity contribution in [2.75, 3.05) is 26.3 Å². The minimum Gasteiger partial charge on any atom is -0.494 e. The molecule has 114 valence electrons. The molecule has 0 spiro atoms. The van der Waals surface area contributed by atoms with Crippen molar-refractivity contribution in [3.8, 4) is 11.5 Å². The van der Waals surface area contributed by atoms with Crippen LogP contribution >= 0.6 is 0 Å². The Balaban J connectivity index is 2.24. The molecule has 0 saturated heterocycles. The predicted molar refractivity (Wildman–Crippen MR) is 83.8 cm³/mol. The maximum atomic E-state index is 10.7. The third-order valence-electron chi connectivity index (χ3n) is 3.58. The van der Waals surface area contributed by atoms with Gasteiger partial charge in [0, 0.05) is 18.7 Å². The van der Waals surface area contributed by atoms with Gasteiger partial charge < -0.3 is 14.6 Å². The van der Waals surface area contributed by atoms with Crippen molar-refractivity contribution < 1.29 is 14.6 Å². The van der Waals surface area contributed by atoms with Crippen molar-refractivity contribution in [1.82, 2.24) is 4.90 Å². The Morgan fingerprint density at radius 1 is 1.38 bits per heavy atom. The molecule has 0 fully saturated rings. The van der Waals surface area contributed by atoms with Crippen LogP contribution in [-0.4, -0.2) is 42.4 Å². The number of nitrogens with zero attached hydrogens (tertiary/aromatic N) is 1. The highest BCUT2D eigenvalue weighted by atomic mass is 16.5. The van der Waals surface area contributed by atoms with Crippen LogP contribution < -0.4 is 9.47 Å². The zero-order valence-corrected chi connectivity index (χ0v) is 12.5. The summed E-state index contributed by atoms with van der Waals surface area (Å²) in [5.41, 5.74) is 0.773. The van der Waals surface area contributed by atoms with Gasteiger partial charge in [-0.15, -0.1) is 13.2 Å². The maximum absolute atomic E-state index is 10.7. The lowest BCUT2D eigenvalue weighted by Crippen LogP contribution is -2.46. The highest BCUT2D eigenvalue weighted by Crippen LogP contribution is 2.36. The average molecular weight is 289 g/mol. The third kappa shape index (κ3) is 3.46. The van der Waals surface area contributed by atoms with Gasteiger partial charge in [-0.05, 0) is 25.1 Å². The number of rotatable bonds is 7. The first kappa shape index (κ1) is 15.6. The van der Waals surface area contributed by atoms with E-state index in [1.54, 1.807) is 0 Å². The van der Waals surface area contributed by atoms with Gasteiger partial charge in [0.2, 0.25) is 0 Å². The van der Waals surface area contributed by atoms with E-state index in [-0.39, 0.29) is 6.04 Å². The topological polar surface area (TPSA) is 41.9 Å². The van der Waals surface area contributed by atoms with Crippen LogP contribution in [0.1, 0.15) is 18.6 Å². The molecule has 0 bridgehead atoms. The quantitative estimate of drug-likeness (QED) is 0.783. The standard InChI is InChI=1S/C17H23NO3/c1-4-9-18(10-5-2)15-12-21-16-8-7-13(20-6-3)11-14(16)17(15)19/h4-5,7-8,11,15,17,19H,1-2,6,9-10,12H2,3H3. The van der Waals surface area contributed by atoms with Gasteiger partial charge in [-0.1, -0.05) is 12.2 Å². The van der Waals surface area contributed by atoms with Crippen LogP contribution in [0.15, 0.2) is 43.5 Å². The normalized spacial score (nSPS) is 20.5. The van der Waals surface area contributed by atoms with E-state index in [1.165, 1.54) is 0 Å². The van der Waals surface area contributed by atoms with E-state index in [1.807, 2.05) is 37.3 Å². The fourth-order valence-electron chi connectivity index (χ4n) is 2.60. The molecule has 1 aromatic carbocycles. The van der Waals surface area contributed by atoms with Gasteiger partial charge >= 0.3 is 0 Å². The van der Waals surface area contributed by atoms with Crippen LogP contribution in [0.2, 0.25) is 0 Å². The molecule has 4 nitrogen and oxygen atoms in total. The molecule has 1 heterocycles. The number of aliphatic hydroxyl groups is 1. The van der Waals surface area contributed by atoms with Crippen LogP contribution in [-0.2, 0) is 0 Å². The second kappa shape index (κ2) is 7.29. The molecule has 0 aliphatic carbocycles. The van der Waals surface area contributed by atoms with Crippen LogP contribution in [0.25, 0.3) is 0 Å². The first-order valence-corrected chi connectivity index (χ1v) is 7.24. The summed E-state index contributed by atoms with van der Waals surface area (Å²) in [4.78, 5) is 2.10. The Labute approximate surface area is 126 Å². The van der Waals surface area contributed by atoms with Gasteiger partial charge in [0.15, 0.2) is 0 Å². The number of benzene rings is 1. The van der Waals surface area contributed by atoms with Crippen molar-refractivity contribution in [2.24, 2.45) is 0 Å². The van der Waals surface area contributed by atoms with E-state index in [2.05, 4.69) is 18.1 Å². The van der Waals surface area contributed by atoms with E-state index in [0.29, 0.717) is 26.3 Å². The summed E-state index contributed by atoms with van der Waals surface area (Å²) in [6, 6.07) is 5.45. The summed E-state index contributed by atoms with van der Waals surface area (Å²) in [5, 5.41) is 10.7. The Morgan fingerprint density at radius 2 is 2.10 bits per heavy atom. The lowest BCUT2D eigenvalue weighted by Gasteiger charge is -2.37. The Hall–Kier alpha value is -1.78. The van der Waals surface area contributed by atoms with E-state index >= 15 is 0 Å². The van der Waals surface area contributed by atoms with Crippen LogP contribution in [0.4, 0.5) is 0 Å². The maximum Gasteiger partial charge on any atom is 0.125 e. The minimum atomic E-state index is -0.617. The molecule has 0 amide bonds. The van der Waals surface area contributed by atoms with E-state index < -0.39 is 6.10 Å². The fraction of sp³-hybridized carbons (Fsp3) is 0.412. The number of hydrogen-bond donors (Lipinski definition) is 1. The molecule has 0 aromatic heterocycles. The highest BCUT2D eigenvalue weighted by Gasteiger charge is 2.33. The van der Waals surface area contributed by atoms with Crippen molar-refractivity contribution in [3.05, 3.63) is 49.1 Å². The Kier molecular flexibility index (Phi) is 5.42. The molecule has 0 saturated carbocycles. The monoisotopic (exact) mass is 289 g/mol. The molecule has 0 radical (unpaired) electrons. The van der Waals surface area contributed by atoms with Crippen molar-refractivity contribution in [1.29, 1.82) is 0 Å². The van der Waals surface area contributed by atoms with Crippen molar-refractivity contribution in [3.63, 3.8) is 0 Å². The first-order chi connectivity index (χ1) is 10.2. The molecule has 1 aliphatic heterocycles. The average Bonchev–Trinajstić information content (AvgIpc) is 2.48. The van der Waals surface area contributed by atoms with Gasteiger partial charge in [-0.3, -0.25) is 4.90 Å². The summed E-state index contributed by atoms with van der Waals surface area (Å²) in [7, 11) is 0. The van der Waals surface area contributed by atoms with E-state index in [4.69, 9.17) is 9.47 Å². The molecule has 2 atom stereocenters. The zero-order chi connectivity index (χ0) is 15.2. The Morgan fingerprint density at radius 3 is 2.71 bits per heavy atom. The number of aliphatic hydroxyl groups excluding tert-OH is 1. The largest absolute Gasteiger partial charge is 0.494 e. The van der Waals surface area contributed by atoms with Gasteiger partial charge in [0.1, 0.15) is 24.2 Å². The van der Waals surface area contributed by atoms with Crippen molar-refractivity contribution >= 4 is 0 Å². The molecule has 1 aliphatic rings. The predicted octanol–water partition coefficient (Wildman–Crippen LogP) is 2.55. The van der Waals surface area contributed by atoms with E-state index in [9.17, 15) is 5.11 Å². The smallest absolute Gasteiger partial charge is 0.125 e. The van der Waals surface area contributed by atoms with Crippen LogP contribution in [0, 0.1) is 0 Å². The summed E-state index contributed by atoms with van der Waals surface area (Å²) in [6.45, 7) is 11.9. The fourth-order valence-corrected chi connectivity index (χ4v) is 2.60. The number of fused-ring (bicyclic) bond motifs is 1. The van der Waals surface area contributed by atoms with Gasteiger partial charge in [0.25, 0.3) is 0 Å². The SMILES string of the molecule is C=CCN(CC=C)C1COc2ccc(OCC)cc2C1O.